The molecule has 0 spiro atoms. The monoisotopic (exact) mass is 266 g/mol. The molecule has 0 radical (unpaired) electrons. The van der Waals surface area contributed by atoms with Crippen LogP contribution in [0.15, 0.2) is 30.3 Å². The topological polar surface area (TPSA) is 75.8 Å². The van der Waals surface area contributed by atoms with Gasteiger partial charge in [0.05, 0.1) is 6.61 Å². The predicted octanol–water partition coefficient (Wildman–Crippen LogP) is 0.894. The van der Waals surface area contributed by atoms with Gasteiger partial charge < -0.3 is 20.5 Å². The van der Waals surface area contributed by atoms with E-state index in [1.54, 1.807) is 24.3 Å². The van der Waals surface area contributed by atoms with Gasteiger partial charge in [-0.2, -0.15) is 0 Å². The lowest BCUT2D eigenvalue weighted by Gasteiger charge is -2.30. The van der Waals surface area contributed by atoms with Gasteiger partial charge in [-0.25, -0.2) is 4.79 Å². The Morgan fingerprint density at radius 2 is 2.05 bits per heavy atom. The summed E-state index contributed by atoms with van der Waals surface area (Å²) >= 11 is 0. The molecule has 0 bridgehead atoms. The Hall–Kier alpha value is -1.43. The molecule has 0 saturated heterocycles. The molecule has 0 aliphatic rings. The smallest absolute Gasteiger partial charge is 0.329 e. The first-order valence-corrected chi connectivity index (χ1v) is 6.34. The third-order valence-corrected chi connectivity index (χ3v) is 3.01. The first-order chi connectivity index (χ1) is 9.00. The van der Waals surface area contributed by atoms with Crippen molar-refractivity contribution in [2.45, 2.75) is 12.5 Å². The molecule has 5 heteroatoms. The lowest BCUT2D eigenvalue weighted by Crippen LogP contribution is -2.53. The number of hydrogen-bond donors (Lipinski definition) is 2. The zero-order valence-corrected chi connectivity index (χ0v) is 11.5. The highest BCUT2D eigenvalue weighted by atomic mass is 16.5. The highest BCUT2D eigenvalue weighted by molar-refractivity contribution is 5.80. The summed E-state index contributed by atoms with van der Waals surface area (Å²) in [6.45, 7) is 4.03. The second kappa shape index (κ2) is 7.23. The fraction of sp³-hybridized carbons (Fsp3) is 0.500. The molecule has 0 fully saturated rings. The Morgan fingerprint density at radius 3 is 2.58 bits per heavy atom. The summed E-state index contributed by atoms with van der Waals surface area (Å²) in [6, 6.07) is 8.90. The zero-order chi connectivity index (χ0) is 14.3. The molecule has 0 aromatic heterocycles. The lowest BCUT2D eigenvalue weighted by atomic mass is 9.90. The van der Waals surface area contributed by atoms with Gasteiger partial charge in [-0.1, -0.05) is 30.3 Å². The Bertz CT molecular complexity index is 397. The first kappa shape index (κ1) is 15.6. The van der Waals surface area contributed by atoms with Gasteiger partial charge >= 0.3 is 5.97 Å². The average molecular weight is 266 g/mol. The summed E-state index contributed by atoms with van der Waals surface area (Å²) in [7, 11) is 1.84. The maximum absolute atomic E-state index is 11.5. The molecule has 19 heavy (non-hydrogen) atoms. The molecule has 0 heterocycles. The first-order valence-electron chi connectivity index (χ1n) is 6.34. The van der Waals surface area contributed by atoms with E-state index in [0.29, 0.717) is 25.3 Å². The van der Waals surface area contributed by atoms with Gasteiger partial charge in [-0.05, 0) is 19.5 Å². The lowest BCUT2D eigenvalue weighted by molar-refractivity contribution is -0.144. The highest BCUT2D eigenvalue weighted by Gasteiger charge is 2.36. The van der Waals surface area contributed by atoms with E-state index in [4.69, 9.17) is 10.5 Å². The Labute approximate surface area is 114 Å². The second-order valence-corrected chi connectivity index (χ2v) is 4.58. The van der Waals surface area contributed by atoms with Crippen molar-refractivity contribution >= 4 is 5.97 Å². The van der Waals surface area contributed by atoms with E-state index in [2.05, 4.69) is 0 Å². The fourth-order valence-electron chi connectivity index (χ4n) is 1.89. The van der Waals surface area contributed by atoms with Gasteiger partial charge in [-0.3, -0.25) is 0 Å². The van der Waals surface area contributed by atoms with Crippen LogP contribution in [0.2, 0.25) is 0 Å². The van der Waals surface area contributed by atoms with Gasteiger partial charge in [0, 0.05) is 19.7 Å². The van der Waals surface area contributed by atoms with Crippen molar-refractivity contribution in [2.75, 3.05) is 33.4 Å². The average Bonchev–Trinajstić information content (AvgIpc) is 2.39. The summed E-state index contributed by atoms with van der Waals surface area (Å²) in [5.41, 5.74) is 5.29. The molecule has 3 N–H and O–H groups in total. The summed E-state index contributed by atoms with van der Waals surface area (Å²) in [5.74, 6) is -1.03. The normalized spacial score (nSPS) is 14.3. The number of rotatable bonds is 8. The molecular formula is C14H22N2O3. The molecule has 0 saturated carbocycles. The molecule has 0 aliphatic carbocycles. The van der Waals surface area contributed by atoms with Gasteiger partial charge in [0.15, 0.2) is 5.54 Å². The van der Waals surface area contributed by atoms with E-state index in [9.17, 15) is 9.90 Å². The molecule has 1 atom stereocenters. The van der Waals surface area contributed by atoms with Crippen molar-refractivity contribution in [1.82, 2.24) is 4.90 Å². The van der Waals surface area contributed by atoms with E-state index in [1.807, 2.05) is 24.9 Å². The van der Waals surface area contributed by atoms with E-state index in [-0.39, 0.29) is 6.54 Å². The quantitative estimate of drug-likeness (QED) is 0.684. The van der Waals surface area contributed by atoms with Crippen molar-refractivity contribution < 1.29 is 14.6 Å². The van der Waals surface area contributed by atoms with E-state index in [1.165, 1.54) is 0 Å². The molecule has 1 aromatic rings. The van der Waals surface area contributed by atoms with Crippen LogP contribution in [-0.4, -0.2) is 49.3 Å². The van der Waals surface area contributed by atoms with E-state index >= 15 is 0 Å². The van der Waals surface area contributed by atoms with Gasteiger partial charge in [0.1, 0.15) is 0 Å². The predicted molar refractivity (Wildman–Crippen MR) is 73.9 cm³/mol. The van der Waals surface area contributed by atoms with Crippen LogP contribution < -0.4 is 5.73 Å². The van der Waals surface area contributed by atoms with Crippen LogP contribution in [0, 0.1) is 0 Å². The third kappa shape index (κ3) is 4.31. The van der Waals surface area contributed by atoms with E-state index in [0.717, 1.165) is 0 Å². The van der Waals surface area contributed by atoms with Crippen molar-refractivity contribution in [3.05, 3.63) is 35.9 Å². The number of nitrogens with two attached hydrogens (primary N) is 1. The summed E-state index contributed by atoms with van der Waals surface area (Å²) in [6.07, 6.45) is 0. The molecule has 0 amide bonds. The molecule has 106 valence electrons. The van der Waals surface area contributed by atoms with Crippen LogP contribution in [-0.2, 0) is 15.1 Å². The number of carboxylic acid groups (broad SMARTS) is 1. The molecular weight excluding hydrogens is 244 g/mol. The third-order valence-electron chi connectivity index (χ3n) is 3.01. The minimum absolute atomic E-state index is 0.236. The molecule has 5 nitrogen and oxygen atoms in total. The van der Waals surface area contributed by atoms with Crippen molar-refractivity contribution in [1.29, 1.82) is 0 Å². The van der Waals surface area contributed by atoms with Crippen LogP contribution in [0.4, 0.5) is 0 Å². The largest absolute Gasteiger partial charge is 0.480 e. The van der Waals surface area contributed by atoms with Crippen molar-refractivity contribution in [3.8, 4) is 0 Å². The van der Waals surface area contributed by atoms with Crippen LogP contribution in [0.25, 0.3) is 0 Å². The molecule has 1 unspecified atom stereocenters. The standard InChI is InChI=1S/C14H22N2O3/c1-3-19-10-9-16(2)11-14(15,13(17)18)12-7-5-4-6-8-12/h4-8H,3,9-11,15H2,1-2H3,(H,17,18). The van der Waals surface area contributed by atoms with Gasteiger partial charge in [0.25, 0.3) is 0 Å². The number of benzene rings is 1. The number of hydrogen-bond acceptors (Lipinski definition) is 4. The highest BCUT2D eigenvalue weighted by Crippen LogP contribution is 2.19. The summed E-state index contributed by atoms with van der Waals surface area (Å²) < 4.78 is 5.25. The number of nitrogens with zero attached hydrogens (tertiary/aromatic N) is 1. The minimum atomic E-state index is -1.40. The number of likely N-dealkylation sites (N-methyl/N-ethyl adjacent to an activating group) is 1. The van der Waals surface area contributed by atoms with Crippen LogP contribution in [0.5, 0.6) is 0 Å². The van der Waals surface area contributed by atoms with E-state index < -0.39 is 11.5 Å². The summed E-state index contributed by atoms with van der Waals surface area (Å²) in [5, 5.41) is 9.42. The zero-order valence-electron chi connectivity index (χ0n) is 11.5. The molecule has 0 aliphatic heterocycles. The van der Waals surface area contributed by atoms with Gasteiger partial charge in [-0.15, -0.1) is 0 Å². The Morgan fingerprint density at radius 1 is 1.42 bits per heavy atom. The maximum atomic E-state index is 11.5. The number of aliphatic carboxylic acids is 1. The number of ether oxygens (including phenoxy) is 1. The molecule has 1 aromatic carbocycles. The Balaban J connectivity index is 2.75. The van der Waals surface area contributed by atoms with Gasteiger partial charge in [0.2, 0.25) is 0 Å². The fourth-order valence-corrected chi connectivity index (χ4v) is 1.89. The van der Waals surface area contributed by atoms with Crippen molar-refractivity contribution in [2.24, 2.45) is 5.73 Å². The molecule has 1 rings (SSSR count). The van der Waals surface area contributed by atoms with Crippen LogP contribution in [0.1, 0.15) is 12.5 Å². The van der Waals surface area contributed by atoms with Crippen molar-refractivity contribution in [3.63, 3.8) is 0 Å². The maximum Gasteiger partial charge on any atom is 0.329 e. The second-order valence-electron chi connectivity index (χ2n) is 4.58. The number of carbonyl (C=O) groups is 1. The number of carboxylic acids is 1. The van der Waals surface area contributed by atoms with Crippen LogP contribution in [0.3, 0.4) is 0 Å². The summed E-state index contributed by atoms with van der Waals surface area (Å²) in [4.78, 5) is 13.4. The SMILES string of the molecule is CCOCCN(C)CC(N)(C(=O)O)c1ccccc1. The van der Waals surface area contributed by atoms with Crippen LogP contribution >= 0.6 is 0 Å². The minimum Gasteiger partial charge on any atom is -0.480 e. The Kier molecular flexibility index (Phi) is 5.95.